The Labute approximate surface area is 136 Å². The van der Waals surface area contributed by atoms with Crippen molar-refractivity contribution in [3.8, 4) is 0 Å². The summed E-state index contributed by atoms with van der Waals surface area (Å²) >= 11 is 1.49. The Morgan fingerprint density at radius 2 is 2.00 bits per heavy atom. The molecule has 0 aliphatic heterocycles. The lowest BCUT2D eigenvalue weighted by molar-refractivity contribution is 0.0942. The van der Waals surface area contributed by atoms with E-state index in [1.165, 1.54) is 11.3 Å². The molecule has 4 aromatic rings. The summed E-state index contributed by atoms with van der Waals surface area (Å²) in [5.74, 6) is 0.626. The summed E-state index contributed by atoms with van der Waals surface area (Å²) in [5, 5.41) is 12.4. The van der Waals surface area contributed by atoms with Gasteiger partial charge in [0.05, 0.1) is 10.9 Å². The summed E-state index contributed by atoms with van der Waals surface area (Å²) in [6.07, 6.45) is 1.90. The molecule has 5 nitrogen and oxygen atoms in total. The third-order valence-corrected chi connectivity index (χ3v) is 4.84. The minimum absolute atomic E-state index is 0.0913. The second-order valence-electron chi connectivity index (χ2n) is 5.33. The molecule has 1 N–H and O–H groups in total. The largest absolute Gasteiger partial charge is 0.342 e. The summed E-state index contributed by atoms with van der Waals surface area (Å²) in [6, 6.07) is 15.4. The number of hydrogen-bond acceptors (Lipinski definition) is 4. The lowest BCUT2D eigenvalue weighted by Crippen LogP contribution is -2.27. The Kier molecular flexibility index (Phi) is 3.31. The molecule has 0 radical (unpaired) electrons. The Hall–Kier alpha value is -2.73. The second kappa shape index (κ2) is 5.48. The number of fused-ring (bicyclic) bond motifs is 2. The number of pyridine rings is 1. The van der Waals surface area contributed by atoms with E-state index in [1.807, 2.05) is 66.1 Å². The predicted octanol–water partition coefficient (Wildman–Crippen LogP) is 3.44. The first-order valence-electron chi connectivity index (χ1n) is 7.31. The average molecular weight is 322 g/mol. The van der Waals surface area contributed by atoms with Gasteiger partial charge in [-0.1, -0.05) is 24.3 Å². The van der Waals surface area contributed by atoms with Gasteiger partial charge in [-0.15, -0.1) is 21.5 Å². The number of hydrogen-bond donors (Lipinski definition) is 1. The third kappa shape index (κ3) is 2.47. The maximum atomic E-state index is 12.5. The van der Waals surface area contributed by atoms with Gasteiger partial charge in [0.1, 0.15) is 0 Å². The van der Waals surface area contributed by atoms with Crippen LogP contribution >= 0.6 is 11.3 Å². The van der Waals surface area contributed by atoms with Crippen LogP contribution in [-0.2, 0) is 0 Å². The molecule has 0 aliphatic rings. The van der Waals surface area contributed by atoms with Crippen LogP contribution in [0.1, 0.15) is 28.5 Å². The molecule has 0 fully saturated rings. The summed E-state index contributed by atoms with van der Waals surface area (Å²) in [4.78, 5) is 13.2. The first-order valence-corrected chi connectivity index (χ1v) is 8.13. The fourth-order valence-corrected chi connectivity index (χ4v) is 3.55. The van der Waals surface area contributed by atoms with Crippen molar-refractivity contribution in [2.75, 3.05) is 0 Å². The molecule has 3 heterocycles. The average Bonchev–Trinajstić information content (AvgIpc) is 3.18. The highest BCUT2D eigenvalue weighted by Gasteiger charge is 2.18. The number of nitrogens with zero attached hydrogens (tertiary/aromatic N) is 3. The molecule has 0 bridgehead atoms. The van der Waals surface area contributed by atoms with Crippen molar-refractivity contribution in [1.29, 1.82) is 0 Å². The zero-order valence-electron chi connectivity index (χ0n) is 12.4. The van der Waals surface area contributed by atoms with Crippen LogP contribution in [0.4, 0.5) is 0 Å². The Morgan fingerprint density at radius 3 is 2.87 bits per heavy atom. The molecule has 1 atom stereocenters. The fourth-order valence-electron chi connectivity index (χ4n) is 2.58. The maximum absolute atomic E-state index is 12.5. The smallest absolute Gasteiger partial charge is 0.261 e. The topological polar surface area (TPSA) is 59.3 Å². The number of thiophene rings is 1. The van der Waals surface area contributed by atoms with E-state index in [0.29, 0.717) is 4.88 Å². The van der Waals surface area contributed by atoms with Crippen LogP contribution in [0.15, 0.2) is 54.7 Å². The van der Waals surface area contributed by atoms with Crippen molar-refractivity contribution >= 4 is 33.0 Å². The van der Waals surface area contributed by atoms with Gasteiger partial charge >= 0.3 is 0 Å². The van der Waals surface area contributed by atoms with E-state index < -0.39 is 0 Å². The van der Waals surface area contributed by atoms with Crippen LogP contribution in [0, 0.1) is 0 Å². The molecular formula is C17H14N4OS. The molecule has 0 aliphatic carbocycles. The van der Waals surface area contributed by atoms with Gasteiger partial charge in [0, 0.05) is 10.9 Å². The van der Waals surface area contributed by atoms with Crippen LogP contribution < -0.4 is 5.32 Å². The molecule has 0 saturated carbocycles. The normalized spacial score (nSPS) is 12.6. The molecular weight excluding hydrogens is 308 g/mol. The summed E-state index contributed by atoms with van der Waals surface area (Å²) in [7, 11) is 0. The van der Waals surface area contributed by atoms with Gasteiger partial charge in [0.25, 0.3) is 5.91 Å². The van der Waals surface area contributed by atoms with E-state index in [9.17, 15) is 4.79 Å². The Balaban J connectivity index is 1.60. The highest BCUT2D eigenvalue weighted by atomic mass is 32.1. The molecule has 0 unspecified atom stereocenters. The molecule has 1 aromatic carbocycles. The van der Waals surface area contributed by atoms with Gasteiger partial charge in [-0.2, -0.15) is 0 Å². The first-order chi connectivity index (χ1) is 11.2. The van der Waals surface area contributed by atoms with Crippen LogP contribution in [0.3, 0.4) is 0 Å². The van der Waals surface area contributed by atoms with Crippen LogP contribution in [0.25, 0.3) is 15.7 Å². The predicted molar refractivity (Wildman–Crippen MR) is 90.7 cm³/mol. The van der Waals surface area contributed by atoms with Crippen molar-refractivity contribution < 1.29 is 4.79 Å². The van der Waals surface area contributed by atoms with Gasteiger partial charge in [-0.25, -0.2) is 0 Å². The van der Waals surface area contributed by atoms with Gasteiger partial charge in [0.15, 0.2) is 11.5 Å². The molecule has 0 spiro atoms. The SMILES string of the molecule is C[C@@H](NC(=O)c1cc2ccccc2s1)c1nnc2ccccn12. The van der Waals surface area contributed by atoms with E-state index in [2.05, 4.69) is 15.5 Å². The number of rotatable bonds is 3. The van der Waals surface area contributed by atoms with Gasteiger partial charge in [-0.3, -0.25) is 9.20 Å². The zero-order valence-corrected chi connectivity index (χ0v) is 13.2. The lowest BCUT2D eigenvalue weighted by Gasteiger charge is -2.11. The summed E-state index contributed by atoms with van der Waals surface area (Å²) < 4.78 is 2.99. The monoisotopic (exact) mass is 322 g/mol. The molecule has 1 amide bonds. The minimum atomic E-state index is -0.231. The van der Waals surface area contributed by atoms with Crippen molar-refractivity contribution in [3.05, 3.63) is 65.4 Å². The van der Waals surface area contributed by atoms with Gasteiger partial charge in [-0.05, 0) is 36.6 Å². The van der Waals surface area contributed by atoms with Crippen molar-refractivity contribution in [1.82, 2.24) is 19.9 Å². The van der Waals surface area contributed by atoms with E-state index in [0.717, 1.165) is 21.6 Å². The zero-order chi connectivity index (χ0) is 15.8. The first kappa shape index (κ1) is 13.9. The summed E-state index contributed by atoms with van der Waals surface area (Å²) in [5.41, 5.74) is 0.769. The van der Waals surface area contributed by atoms with E-state index in [-0.39, 0.29) is 11.9 Å². The number of benzene rings is 1. The molecule has 0 saturated heterocycles. The Bertz CT molecular complexity index is 971. The fraction of sp³-hybridized carbons (Fsp3) is 0.118. The number of nitrogens with one attached hydrogen (secondary N) is 1. The molecule has 23 heavy (non-hydrogen) atoms. The van der Waals surface area contributed by atoms with E-state index in [1.54, 1.807) is 0 Å². The number of carbonyl (C=O) groups is 1. The van der Waals surface area contributed by atoms with E-state index >= 15 is 0 Å². The molecule has 6 heteroatoms. The van der Waals surface area contributed by atoms with Crippen LogP contribution in [0.2, 0.25) is 0 Å². The summed E-state index contributed by atoms with van der Waals surface area (Å²) in [6.45, 7) is 1.91. The number of carbonyl (C=O) groups excluding carboxylic acids is 1. The molecule has 4 rings (SSSR count). The number of aromatic nitrogens is 3. The minimum Gasteiger partial charge on any atom is -0.342 e. The lowest BCUT2D eigenvalue weighted by atomic mass is 10.2. The number of amides is 1. The van der Waals surface area contributed by atoms with E-state index in [4.69, 9.17) is 0 Å². The van der Waals surface area contributed by atoms with Crippen molar-refractivity contribution in [3.63, 3.8) is 0 Å². The second-order valence-corrected chi connectivity index (χ2v) is 6.41. The third-order valence-electron chi connectivity index (χ3n) is 3.72. The van der Waals surface area contributed by atoms with Crippen LogP contribution in [0.5, 0.6) is 0 Å². The molecule has 3 aromatic heterocycles. The van der Waals surface area contributed by atoms with Crippen molar-refractivity contribution in [2.45, 2.75) is 13.0 Å². The maximum Gasteiger partial charge on any atom is 0.261 e. The van der Waals surface area contributed by atoms with Crippen molar-refractivity contribution in [2.24, 2.45) is 0 Å². The Morgan fingerprint density at radius 1 is 1.17 bits per heavy atom. The standard InChI is InChI=1S/C17H14N4OS/c1-11(16-20-19-15-8-4-5-9-21(15)16)18-17(22)14-10-12-6-2-3-7-13(12)23-14/h2-11H,1H3,(H,18,22)/t11-/m1/s1. The van der Waals surface area contributed by atoms with Crippen LogP contribution in [-0.4, -0.2) is 20.5 Å². The van der Waals surface area contributed by atoms with Gasteiger partial charge in [0.2, 0.25) is 0 Å². The highest BCUT2D eigenvalue weighted by Crippen LogP contribution is 2.25. The molecule has 114 valence electrons. The highest BCUT2D eigenvalue weighted by molar-refractivity contribution is 7.20. The van der Waals surface area contributed by atoms with Gasteiger partial charge < -0.3 is 5.32 Å². The quantitative estimate of drug-likeness (QED) is 0.628.